The topological polar surface area (TPSA) is 6.48 Å². The van der Waals surface area contributed by atoms with Crippen molar-refractivity contribution < 1.29 is 0 Å². The van der Waals surface area contributed by atoms with Gasteiger partial charge in [0.25, 0.3) is 0 Å². The molecule has 3 heterocycles. The lowest BCUT2D eigenvalue weighted by Crippen LogP contribution is -2.63. The first-order valence-electron chi connectivity index (χ1n) is 24.9. The summed E-state index contributed by atoms with van der Waals surface area (Å²) in [7, 11) is 0. The molecule has 328 valence electrons. The van der Waals surface area contributed by atoms with Crippen LogP contribution in [0.1, 0.15) is 152 Å². The number of hydrogen-bond acceptors (Lipinski definition) is 2. The van der Waals surface area contributed by atoms with Crippen LogP contribution in [0.5, 0.6) is 0 Å². The van der Waals surface area contributed by atoms with Crippen molar-refractivity contribution in [2.75, 3.05) is 9.71 Å². The first-order valence-corrected chi connectivity index (χ1v) is 24.9. The van der Waals surface area contributed by atoms with Gasteiger partial charge in [0.2, 0.25) is 0 Å². The third-order valence-electron chi connectivity index (χ3n) is 17.9. The number of hydrogen-bond donors (Lipinski definition) is 0. The Labute approximate surface area is 394 Å². The van der Waals surface area contributed by atoms with Crippen LogP contribution in [-0.4, -0.2) is 6.85 Å². The van der Waals surface area contributed by atoms with E-state index in [1.807, 2.05) is 0 Å². The van der Waals surface area contributed by atoms with Crippen LogP contribution in [0.3, 0.4) is 0 Å². The van der Waals surface area contributed by atoms with E-state index in [-0.39, 0.29) is 33.9 Å². The number of para-hydroxylation sites is 2. The molecule has 3 aliphatic carbocycles. The van der Waals surface area contributed by atoms with Crippen LogP contribution in [0.25, 0.3) is 22.3 Å². The molecule has 0 saturated carbocycles. The Morgan fingerprint density at radius 1 is 0.424 bits per heavy atom. The molecule has 0 N–H and O–H groups in total. The summed E-state index contributed by atoms with van der Waals surface area (Å²) in [5.74, 6) is 0. The smallest absolute Gasteiger partial charge is 0.333 e. The van der Waals surface area contributed by atoms with E-state index in [2.05, 4.69) is 219 Å². The minimum Gasteiger partial charge on any atom is -0.376 e. The van der Waals surface area contributed by atoms with E-state index in [0.29, 0.717) is 0 Å². The van der Waals surface area contributed by atoms with Crippen LogP contribution in [0.4, 0.5) is 28.4 Å². The first kappa shape index (κ1) is 40.5. The van der Waals surface area contributed by atoms with Crippen LogP contribution in [-0.2, 0) is 32.5 Å². The lowest BCUT2D eigenvalue weighted by molar-refractivity contribution is 0.332. The van der Waals surface area contributed by atoms with E-state index in [1.165, 1.54) is 137 Å². The van der Waals surface area contributed by atoms with Gasteiger partial charge in [0.05, 0.1) is 5.41 Å². The highest BCUT2D eigenvalue weighted by Gasteiger charge is 2.57. The second-order valence-corrected chi connectivity index (χ2v) is 24.6. The van der Waals surface area contributed by atoms with Crippen molar-refractivity contribution in [3.63, 3.8) is 0 Å². The van der Waals surface area contributed by atoms with Crippen molar-refractivity contribution in [1.82, 2.24) is 0 Å². The maximum atomic E-state index is 2.82. The van der Waals surface area contributed by atoms with Crippen molar-refractivity contribution >= 4 is 46.2 Å². The van der Waals surface area contributed by atoms with Crippen molar-refractivity contribution in [3.8, 4) is 22.3 Å². The van der Waals surface area contributed by atoms with Gasteiger partial charge in [0.1, 0.15) is 0 Å². The molecule has 0 saturated heterocycles. The summed E-state index contributed by atoms with van der Waals surface area (Å²) < 4.78 is 0. The SMILES string of the molecule is CC(C)(C)c1cc2c3c(c1)N(c1ccc4c(c1)C(C)(C)CCC4(C)C)c1cc4c(cc1B3N1c3ccccc3C3(c5ccccc5-c5ccccc53)c3cccc-2c31)C(C)(C)CCC4(C)C. The molecular weight excluding hydrogens is 796 g/mol. The molecule has 0 fully saturated rings. The highest BCUT2D eigenvalue weighted by Crippen LogP contribution is 2.65. The third kappa shape index (κ3) is 5.05. The Morgan fingerprint density at radius 3 is 1.59 bits per heavy atom. The van der Waals surface area contributed by atoms with Gasteiger partial charge in [-0.2, -0.15) is 0 Å². The van der Waals surface area contributed by atoms with Gasteiger partial charge in [-0.1, -0.05) is 179 Å². The molecule has 0 aromatic heterocycles. The van der Waals surface area contributed by atoms with Gasteiger partial charge in [-0.15, -0.1) is 0 Å². The predicted molar refractivity (Wildman–Crippen MR) is 280 cm³/mol. The summed E-state index contributed by atoms with van der Waals surface area (Å²) in [6.07, 6.45) is 4.74. The molecule has 7 aromatic carbocycles. The van der Waals surface area contributed by atoms with E-state index in [0.717, 1.165) is 0 Å². The van der Waals surface area contributed by atoms with Crippen LogP contribution in [0.2, 0.25) is 0 Å². The van der Waals surface area contributed by atoms with Gasteiger partial charge >= 0.3 is 6.85 Å². The molecule has 0 bridgehead atoms. The average Bonchev–Trinajstić information content (AvgIpc) is 3.59. The quantitative estimate of drug-likeness (QED) is 0.152. The van der Waals surface area contributed by atoms with Crippen molar-refractivity contribution in [2.45, 2.75) is 134 Å². The molecule has 0 radical (unpaired) electrons. The highest BCUT2D eigenvalue weighted by atomic mass is 15.2. The minimum atomic E-state index is -0.470. The van der Waals surface area contributed by atoms with Gasteiger partial charge in [-0.05, 0) is 161 Å². The minimum absolute atomic E-state index is 0.0458. The monoisotopic (exact) mass is 859 g/mol. The summed E-state index contributed by atoms with van der Waals surface area (Å²) in [5.41, 5.74) is 27.5. The van der Waals surface area contributed by atoms with E-state index < -0.39 is 5.41 Å². The summed E-state index contributed by atoms with van der Waals surface area (Å²) in [6.45, 7) is 27.0. The summed E-state index contributed by atoms with van der Waals surface area (Å²) in [5, 5.41) is 0. The lowest BCUT2D eigenvalue weighted by Gasteiger charge is -2.53. The Kier molecular flexibility index (Phi) is 7.85. The van der Waals surface area contributed by atoms with Crippen LogP contribution >= 0.6 is 0 Å². The van der Waals surface area contributed by atoms with Crippen LogP contribution < -0.4 is 20.6 Å². The zero-order chi connectivity index (χ0) is 45.7. The molecular formula is C63H63BN2. The number of anilines is 5. The normalized spacial score (nSPS) is 19.7. The summed E-state index contributed by atoms with van der Waals surface area (Å²) in [6, 6.07) is 53.4. The Bertz CT molecular complexity index is 3230. The number of benzene rings is 7. The van der Waals surface area contributed by atoms with Gasteiger partial charge in [-0.25, -0.2) is 0 Å². The predicted octanol–water partition coefficient (Wildman–Crippen LogP) is 15.1. The molecule has 1 spiro atoms. The summed E-state index contributed by atoms with van der Waals surface area (Å²) in [4.78, 5) is 5.55. The van der Waals surface area contributed by atoms with Crippen molar-refractivity contribution in [2.24, 2.45) is 0 Å². The molecule has 13 rings (SSSR count). The molecule has 7 aromatic rings. The second kappa shape index (κ2) is 12.8. The average molecular weight is 859 g/mol. The molecule has 0 unspecified atom stereocenters. The molecule has 6 aliphatic rings. The Balaban J connectivity index is 1.19. The maximum Gasteiger partial charge on any atom is 0.333 e. The Hall–Kier alpha value is -5.80. The zero-order valence-corrected chi connectivity index (χ0v) is 41.0. The van der Waals surface area contributed by atoms with E-state index in [4.69, 9.17) is 0 Å². The van der Waals surface area contributed by atoms with Gasteiger partial charge in [0, 0.05) is 34.0 Å². The Morgan fingerprint density at radius 2 is 0.955 bits per heavy atom. The summed E-state index contributed by atoms with van der Waals surface area (Å²) >= 11 is 0. The molecule has 2 nitrogen and oxygen atoms in total. The van der Waals surface area contributed by atoms with E-state index >= 15 is 0 Å². The van der Waals surface area contributed by atoms with Gasteiger partial charge in [0.15, 0.2) is 0 Å². The second-order valence-electron chi connectivity index (χ2n) is 24.6. The molecule has 66 heavy (non-hydrogen) atoms. The van der Waals surface area contributed by atoms with Crippen LogP contribution in [0.15, 0.2) is 133 Å². The fraction of sp³-hybridized carbons (Fsp3) is 0.333. The van der Waals surface area contributed by atoms with E-state index in [9.17, 15) is 0 Å². The van der Waals surface area contributed by atoms with E-state index in [1.54, 1.807) is 0 Å². The largest absolute Gasteiger partial charge is 0.376 e. The van der Waals surface area contributed by atoms with Gasteiger partial charge in [-0.3, -0.25) is 0 Å². The number of fused-ring (bicyclic) bond motifs is 15. The van der Waals surface area contributed by atoms with Crippen molar-refractivity contribution in [1.29, 1.82) is 0 Å². The number of nitrogens with zero attached hydrogens (tertiary/aromatic N) is 2. The first-order chi connectivity index (χ1) is 31.3. The molecule has 3 heteroatoms. The maximum absolute atomic E-state index is 2.82. The number of rotatable bonds is 1. The zero-order valence-electron chi connectivity index (χ0n) is 41.0. The van der Waals surface area contributed by atoms with Crippen LogP contribution in [0, 0.1) is 0 Å². The van der Waals surface area contributed by atoms with Gasteiger partial charge < -0.3 is 9.71 Å². The molecule has 3 aliphatic heterocycles. The lowest BCUT2D eigenvalue weighted by atomic mass is 9.41. The molecule has 0 amide bonds. The fourth-order valence-electron chi connectivity index (χ4n) is 14.0. The van der Waals surface area contributed by atoms with Crippen molar-refractivity contribution in [3.05, 3.63) is 184 Å². The molecule has 0 atom stereocenters. The third-order valence-corrected chi connectivity index (χ3v) is 17.9. The highest BCUT2D eigenvalue weighted by molar-refractivity contribution is 6.93. The fourth-order valence-corrected chi connectivity index (χ4v) is 14.0. The standard InChI is InChI=1S/C63H63BN2/c1-58(2,3)38-33-43-42-21-18-25-48-57(42)66(53-26-17-16-24-47(53)63(48)44-22-14-12-19-40(44)41-20-13-15-23-45(41)63)64-52-36-50-51(62(10,11)32-31-61(50,8)9)37-54(52)65(55(34-38)56(43)64)39-27-28-46-49(35-39)60(6,7)30-29-59(46,4)5/h12-28,33-37H,29-32H2,1-11H3.